The predicted molar refractivity (Wildman–Crippen MR) is 96.3 cm³/mol. The molecule has 0 amide bonds. The first-order chi connectivity index (χ1) is 11.4. The minimum atomic E-state index is -4.29. The maximum absolute atomic E-state index is 13.5. The Labute approximate surface area is 149 Å². The molecule has 0 fully saturated rings. The molecule has 0 saturated heterocycles. The van der Waals surface area contributed by atoms with Gasteiger partial charge in [0.25, 0.3) is 0 Å². The van der Waals surface area contributed by atoms with Gasteiger partial charge in [0.1, 0.15) is 6.04 Å². The number of halogens is 4. The third-order valence-electron chi connectivity index (χ3n) is 3.98. The first-order valence-corrected chi connectivity index (χ1v) is 9.04. The van der Waals surface area contributed by atoms with E-state index >= 15 is 0 Å². The van der Waals surface area contributed by atoms with E-state index in [1.165, 1.54) is 11.9 Å². The highest BCUT2D eigenvalue weighted by atomic mass is 79.9. The molecule has 130 valence electrons. The highest BCUT2D eigenvalue weighted by molar-refractivity contribution is 9.09. The lowest BCUT2D eigenvalue weighted by Gasteiger charge is -2.30. The van der Waals surface area contributed by atoms with E-state index in [1.807, 2.05) is 30.3 Å². The lowest BCUT2D eigenvalue weighted by molar-refractivity contribution is -0.183. The summed E-state index contributed by atoms with van der Waals surface area (Å²) in [6.07, 6.45) is -2.70. The van der Waals surface area contributed by atoms with E-state index in [4.69, 9.17) is 0 Å². The van der Waals surface area contributed by atoms with Gasteiger partial charge in [-0.2, -0.15) is 13.2 Å². The molecule has 2 aromatic rings. The van der Waals surface area contributed by atoms with Crippen LogP contribution in [0.2, 0.25) is 0 Å². The molecule has 2 aromatic carbocycles. The molecule has 1 atom stereocenters. The van der Waals surface area contributed by atoms with Crippen LogP contribution in [0.3, 0.4) is 0 Å². The van der Waals surface area contributed by atoms with E-state index in [0.717, 1.165) is 29.3 Å². The van der Waals surface area contributed by atoms with Crippen LogP contribution in [0.4, 0.5) is 13.2 Å². The van der Waals surface area contributed by atoms with Crippen molar-refractivity contribution in [2.24, 2.45) is 0 Å². The normalized spacial score (nSPS) is 13.2. The first-order valence-electron chi connectivity index (χ1n) is 7.92. The Hall–Kier alpha value is -1.33. The Morgan fingerprint density at radius 1 is 0.917 bits per heavy atom. The molecular formula is C19H21BrF3N. The number of nitrogens with zero attached hydrogens (tertiary/aromatic N) is 1. The standard InChI is InChI=1S/C19H21BrF3N/c1-24(14-6-5-13-20)18(19(21,22)23)17-11-9-16(10-12-17)15-7-3-2-4-8-15/h2-4,7-12,18H,5-6,13-14H2,1H3. The summed E-state index contributed by atoms with van der Waals surface area (Å²) < 4.78 is 40.6. The van der Waals surface area contributed by atoms with E-state index in [0.29, 0.717) is 6.54 Å². The number of benzene rings is 2. The van der Waals surface area contributed by atoms with Gasteiger partial charge < -0.3 is 0 Å². The van der Waals surface area contributed by atoms with Crippen LogP contribution in [0.15, 0.2) is 54.6 Å². The molecule has 24 heavy (non-hydrogen) atoms. The Bertz CT molecular complexity index is 611. The number of unbranched alkanes of at least 4 members (excludes halogenated alkanes) is 1. The number of hydrogen-bond donors (Lipinski definition) is 0. The van der Waals surface area contributed by atoms with Gasteiger partial charge in [0.15, 0.2) is 0 Å². The van der Waals surface area contributed by atoms with Gasteiger partial charge in [-0.3, -0.25) is 4.90 Å². The molecule has 0 saturated carbocycles. The molecule has 0 N–H and O–H groups in total. The quantitative estimate of drug-likeness (QED) is 0.403. The Morgan fingerprint density at radius 2 is 1.50 bits per heavy atom. The van der Waals surface area contributed by atoms with Crippen LogP contribution >= 0.6 is 15.9 Å². The van der Waals surface area contributed by atoms with Gasteiger partial charge >= 0.3 is 6.18 Å². The smallest absolute Gasteiger partial charge is 0.292 e. The maximum atomic E-state index is 13.5. The van der Waals surface area contributed by atoms with Crippen molar-refractivity contribution in [3.05, 3.63) is 60.2 Å². The summed E-state index contributed by atoms with van der Waals surface area (Å²) in [5.41, 5.74) is 2.20. The van der Waals surface area contributed by atoms with E-state index in [-0.39, 0.29) is 5.56 Å². The summed E-state index contributed by atoms with van der Waals surface area (Å²) in [5, 5.41) is 0.809. The molecule has 0 radical (unpaired) electrons. The summed E-state index contributed by atoms with van der Waals surface area (Å²) in [7, 11) is 1.54. The number of alkyl halides is 4. The number of hydrogen-bond acceptors (Lipinski definition) is 1. The molecule has 0 spiro atoms. The molecular weight excluding hydrogens is 379 g/mol. The van der Waals surface area contributed by atoms with Crippen LogP contribution in [-0.2, 0) is 0 Å². The zero-order chi connectivity index (χ0) is 17.6. The lowest BCUT2D eigenvalue weighted by atomic mass is 9.99. The van der Waals surface area contributed by atoms with Gasteiger partial charge in [-0.25, -0.2) is 0 Å². The van der Waals surface area contributed by atoms with Crippen LogP contribution < -0.4 is 0 Å². The maximum Gasteiger partial charge on any atom is 0.408 e. The van der Waals surface area contributed by atoms with Gasteiger partial charge in [-0.05, 0) is 43.1 Å². The monoisotopic (exact) mass is 399 g/mol. The zero-order valence-corrected chi connectivity index (χ0v) is 15.1. The second-order valence-electron chi connectivity index (χ2n) is 5.81. The summed E-state index contributed by atoms with van der Waals surface area (Å²) in [6, 6.07) is 14.8. The summed E-state index contributed by atoms with van der Waals surface area (Å²) >= 11 is 3.31. The minimum absolute atomic E-state index is 0.281. The largest absolute Gasteiger partial charge is 0.408 e. The van der Waals surface area contributed by atoms with E-state index < -0.39 is 12.2 Å². The van der Waals surface area contributed by atoms with Crippen molar-refractivity contribution in [3.63, 3.8) is 0 Å². The fourth-order valence-corrected chi connectivity index (χ4v) is 3.16. The fourth-order valence-electron chi connectivity index (χ4n) is 2.77. The minimum Gasteiger partial charge on any atom is -0.292 e. The number of rotatable bonds is 7. The summed E-state index contributed by atoms with van der Waals surface area (Å²) in [4.78, 5) is 1.39. The van der Waals surface area contributed by atoms with Crippen molar-refractivity contribution in [2.75, 3.05) is 18.9 Å². The SMILES string of the molecule is CN(CCCCBr)C(c1ccc(-c2ccccc2)cc1)C(F)(F)F. The Kier molecular flexibility index (Phi) is 6.87. The molecule has 5 heteroatoms. The highest BCUT2D eigenvalue weighted by Gasteiger charge is 2.43. The van der Waals surface area contributed by atoms with Gasteiger partial charge in [0, 0.05) is 5.33 Å². The fraction of sp³-hybridized carbons (Fsp3) is 0.368. The van der Waals surface area contributed by atoms with Crippen LogP contribution in [0.5, 0.6) is 0 Å². The van der Waals surface area contributed by atoms with Crippen molar-refractivity contribution >= 4 is 15.9 Å². The van der Waals surface area contributed by atoms with Gasteiger partial charge in [0.2, 0.25) is 0 Å². The van der Waals surface area contributed by atoms with Crippen molar-refractivity contribution in [2.45, 2.75) is 25.1 Å². The summed E-state index contributed by atoms with van der Waals surface area (Å²) in [6.45, 7) is 0.413. The lowest BCUT2D eigenvalue weighted by Crippen LogP contribution is -2.36. The summed E-state index contributed by atoms with van der Waals surface area (Å²) in [5.74, 6) is 0. The second-order valence-corrected chi connectivity index (χ2v) is 6.60. The van der Waals surface area contributed by atoms with Crippen LogP contribution in [0, 0.1) is 0 Å². The van der Waals surface area contributed by atoms with Crippen molar-refractivity contribution < 1.29 is 13.2 Å². The topological polar surface area (TPSA) is 3.24 Å². The van der Waals surface area contributed by atoms with Crippen molar-refractivity contribution in [1.82, 2.24) is 4.90 Å². The average Bonchev–Trinajstić information content (AvgIpc) is 2.55. The van der Waals surface area contributed by atoms with Gasteiger partial charge in [-0.15, -0.1) is 0 Å². The second kappa shape index (κ2) is 8.67. The van der Waals surface area contributed by atoms with E-state index in [2.05, 4.69) is 15.9 Å². The van der Waals surface area contributed by atoms with Gasteiger partial charge in [0.05, 0.1) is 0 Å². The van der Waals surface area contributed by atoms with Crippen LogP contribution in [-0.4, -0.2) is 30.0 Å². The Morgan fingerprint density at radius 3 is 2.04 bits per heavy atom. The van der Waals surface area contributed by atoms with E-state index in [1.54, 1.807) is 24.3 Å². The zero-order valence-electron chi connectivity index (χ0n) is 13.6. The Balaban J connectivity index is 2.21. The molecule has 2 rings (SSSR count). The average molecular weight is 400 g/mol. The predicted octanol–water partition coefficient (Wildman–Crippen LogP) is 6.06. The molecule has 1 nitrogen and oxygen atoms in total. The third kappa shape index (κ3) is 5.08. The van der Waals surface area contributed by atoms with Crippen molar-refractivity contribution in [3.8, 4) is 11.1 Å². The first kappa shape index (κ1) is 19.0. The van der Waals surface area contributed by atoms with Crippen molar-refractivity contribution in [1.29, 1.82) is 0 Å². The van der Waals surface area contributed by atoms with Crippen LogP contribution in [0.1, 0.15) is 24.4 Å². The molecule has 0 aliphatic heterocycles. The van der Waals surface area contributed by atoms with Gasteiger partial charge in [-0.1, -0.05) is 70.5 Å². The molecule has 0 bridgehead atoms. The van der Waals surface area contributed by atoms with E-state index in [9.17, 15) is 13.2 Å². The molecule has 0 aromatic heterocycles. The molecule has 1 unspecified atom stereocenters. The van der Waals surface area contributed by atoms with Crippen LogP contribution in [0.25, 0.3) is 11.1 Å². The highest BCUT2D eigenvalue weighted by Crippen LogP contribution is 2.37. The molecule has 0 heterocycles. The third-order valence-corrected chi connectivity index (χ3v) is 4.54. The molecule has 0 aliphatic rings. The molecule has 0 aliphatic carbocycles.